The minimum absolute atomic E-state index is 0.121. The molecule has 0 aliphatic heterocycles. The van der Waals surface area contributed by atoms with Crippen molar-refractivity contribution in [2.45, 2.75) is 17.5 Å². The largest absolute Gasteiger partial charge is 0.502 e. The second-order valence-corrected chi connectivity index (χ2v) is 7.12. The molecule has 0 aliphatic rings. The van der Waals surface area contributed by atoms with Gasteiger partial charge in [-0.1, -0.05) is 54.2 Å². The van der Waals surface area contributed by atoms with E-state index < -0.39 is 11.2 Å². The molecule has 7 heteroatoms. The number of aromatic hydroxyl groups is 1. The monoisotopic (exact) mass is 392 g/mol. The molecule has 4 aromatic rings. The van der Waals surface area contributed by atoms with Crippen molar-refractivity contribution < 1.29 is 9.52 Å². The molecular formula is C21H16N2O4S. The molecule has 0 aliphatic carbocycles. The lowest BCUT2D eigenvalue weighted by Crippen LogP contribution is -2.24. The van der Waals surface area contributed by atoms with Crippen LogP contribution in [0.2, 0.25) is 0 Å². The van der Waals surface area contributed by atoms with E-state index in [1.54, 1.807) is 16.7 Å². The summed E-state index contributed by atoms with van der Waals surface area (Å²) in [6.45, 7) is 0.388. The van der Waals surface area contributed by atoms with Crippen molar-refractivity contribution in [3.8, 4) is 5.75 Å². The van der Waals surface area contributed by atoms with Gasteiger partial charge >= 0.3 is 0 Å². The van der Waals surface area contributed by atoms with Crippen molar-refractivity contribution in [1.29, 1.82) is 0 Å². The van der Waals surface area contributed by atoms with E-state index in [1.807, 2.05) is 42.5 Å². The van der Waals surface area contributed by atoms with E-state index in [4.69, 9.17) is 4.42 Å². The molecule has 0 fully saturated rings. The third kappa shape index (κ3) is 3.70. The third-order valence-electron chi connectivity index (χ3n) is 4.22. The van der Waals surface area contributed by atoms with Crippen LogP contribution >= 0.6 is 11.8 Å². The highest BCUT2D eigenvalue weighted by Crippen LogP contribution is 2.23. The van der Waals surface area contributed by atoms with Crippen molar-refractivity contribution in [2.75, 3.05) is 0 Å². The molecule has 1 N–H and O–H groups in total. The van der Waals surface area contributed by atoms with Crippen LogP contribution in [-0.2, 0) is 12.3 Å². The standard InChI is InChI=1S/C21H16N2O4S/c24-18-10-15(27-12-19(18)25)13-28-21-22-17-9-5-4-8-16(17)20(26)23(21)11-14-6-2-1-3-7-14/h1-10,12,25H,11,13H2. The predicted octanol–water partition coefficient (Wildman–Crippen LogP) is 3.40. The zero-order valence-electron chi connectivity index (χ0n) is 14.7. The van der Waals surface area contributed by atoms with E-state index in [1.165, 1.54) is 17.8 Å². The molecule has 2 aromatic carbocycles. The van der Waals surface area contributed by atoms with Crippen LogP contribution in [0.1, 0.15) is 11.3 Å². The van der Waals surface area contributed by atoms with Crippen molar-refractivity contribution >= 4 is 22.7 Å². The first kappa shape index (κ1) is 18.1. The molecule has 28 heavy (non-hydrogen) atoms. The molecule has 6 nitrogen and oxygen atoms in total. The fourth-order valence-corrected chi connectivity index (χ4v) is 3.71. The van der Waals surface area contributed by atoms with E-state index in [9.17, 15) is 14.7 Å². The van der Waals surface area contributed by atoms with Gasteiger partial charge in [0.15, 0.2) is 10.9 Å². The summed E-state index contributed by atoms with van der Waals surface area (Å²) in [5.74, 6) is 0.259. The molecule has 0 saturated carbocycles. The molecular weight excluding hydrogens is 376 g/mol. The number of nitrogens with zero attached hydrogens (tertiary/aromatic N) is 2. The minimum Gasteiger partial charge on any atom is -0.502 e. The second-order valence-electron chi connectivity index (χ2n) is 6.17. The fraction of sp³-hybridized carbons (Fsp3) is 0.0952. The van der Waals surface area contributed by atoms with Gasteiger partial charge in [-0.15, -0.1) is 0 Å². The molecule has 2 aromatic heterocycles. The highest BCUT2D eigenvalue weighted by Gasteiger charge is 2.13. The van der Waals surface area contributed by atoms with Gasteiger partial charge in [0.05, 0.1) is 23.2 Å². The Labute approximate surface area is 164 Å². The Hall–Kier alpha value is -3.32. The average molecular weight is 392 g/mol. The third-order valence-corrected chi connectivity index (χ3v) is 5.22. The number of hydrogen-bond acceptors (Lipinski definition) is 6. The van der Waals surface area contributed by atoms with Crippen LogP contribution in [0, 0.1) is 0 Å². The summed E-state index contributed by atoms with van der Waals surface area (Å²) in [5.41, 5.74) is 0.977. The molecule has 140 valence electrons. The fourth-order valence-electron chi connectivity index (χ4n) is 2.82. The zero-order chi connectivity index (χ0) is 19.5. The SMILES string of the molecule is O=c1cc(CSc2nc3ccccc3c(=O)n2Cc2ccccc2)occ1O. The molecule has 0 unspecified atom stereocenters. The average Bonchev–Trinajstić information content (AvgIpc) is 2.72. The molecule has 0 spiro atoms. The van der Waals surface area contributed by atoms with Gasteiger partial charge in [0.25, 0.3) is 5.56 Å². The molecule has 4 rings (SSSR count). The number of benzene rings is 2. The van der Waals surface area contributed by atoms with Crippen LogP contribution in [0.3, 0.4) is 0 Å². The van der Waals surface area contributed by atoms with Gasteiger partial charge in [-0.2, -0.15) is 0 Å². The zero-order valence-corrected chi connectivity index (χ0v) is 15.6. The second kappa shape index (κ2) is 7.74. The first-order chi connectivity index (χ1) is 13.6. The molecule has 0 saturated heterocycles. The maximum atomic E-state index is 13.1. The van der Waals surface area contributed by atoms with Crippen molar-refractivity contribution in [3.63, 3.8) is 0 Å². The van der Waals surface area contributed by atoms with Crippen LogP contribution in [0.5, 0.6) is 5.75 Å². The van der Waals surface area contributed by atoms with E-state index in [0.717, 1.165) is 11.8 Å². The highest BCUT2D eigenvalue weighted by molar-refractivity contribution is 7.98. The van der Waals surface area contributed by atoms with Gasteiger partial charge in [-0.3, -0.25) is 14.2 Å². The van der Waals surface area contributed by atoms with Gasteiger partial charge in [-0.05, 0) is 17.7 Å². The van der Waals surface area contributed by atoms with E-state index in [0.29, 0.717) is 34.1 Å². The van der Waals surface area contributed by atoms with Crippen LogP contribution < -0.4 is 11.0 Å². The maximum Gasteiger partial charge on any atom is 0.262 e. The van der Waals surface area contributed by atoms with Crippen molar-refractivity contribution in [3.05, 3.63) is 98.8 Å². The van der Waals surface area contributed by atoms with Gasteiger partial charge in [0.2, 0.25) is 5.43 Å². The molecule has 0 radical (unpaired) electrons. The number of fused-ring (bicyclic) bond motifs is 1. The van der Waals surface area contributed by atoms with E-state index >= 15 is 0 Å². The van der Waals surface area contributed by atoms with E-state index in [2.05, 4.69) is 4.98 Å². The van der Waals surface area contributed by atoms with Crippen molar-refractivity contribution in [1.82, 2.24) is 9.55 Å². The topological polar surface area (TPSA) is 85.3 Å². The van der Waals surface area contributed by atoms with E-state index in [-0.39, 0.29) is 5.56 Å². The normalized spacial score (nSPS) is 11.0. The van der Waals surface area contributed by atoms with Crippen LogP contribution in [0.4, 0.5) is 0 Å². The summed E-state index contributed by atoms with van der Waals surface area (Å²) in [4.78, 5) is 29.3. The lowest BCUT2D eigenvalue weighted by molar-refractivity contribution is 0.419. The van der Waals surface area contributed by atoms with Crippen LogP contribution in [-0.4, -0.2) is 14.7 Å². The Morgan fingerprint density at radius 2 is 1.79 bits per heavy atom. The first-order valence-electron chi connectivity index (χ1n) is 8.59. The van der Waals surface area contributed by atoms with Gasteiger partial charge < -0.3 is 9.52 Å². The van der Waals surface area contributed by atoms with Gasteiger partial charge in [0, 0.05) is 6.07 Å². The predicted molar refractivity (Wildman–Crippen MR) is 108 cm³/mol. The quantitative estimate of drug-likeness (QED) is 0.414. The lowest BCUT2D eigenvalue weighted by Gasteiger charge is -2.13. The Kier molecular flexibility index (Phi) is 4.99. The number of rotatable bonds is 5. The number of para-hydroxylation sites is 1. The maximum absolute atomic E-state index is 13.1. The first-order valence-corrected chi connectivity index (χ1v) is 9.57. The molecule has 2 heterocycles. The Balaban J connectivity index is 1.74. The van der Waals surface area contributed by atoms with Gasteiger partial charge in [-0.25, -0.2) is 4.98 Å². The Morgan fingerprint density at radius 3 is 2.57 bits per heavy atom. The number of thioether (sulfide) groups is 1. The summed E-state index contributed by atoms with van der Waals surface area (Å²) in [6, 6.07) is 18.1. The summed E-state index contributed by atoms with van der Waals surface area (Å²) < 4.78 is 6.88. The number of hydrogen-bond donors (Lipinski definition) is 1. The minimum atomic E-state index is -0.505. The summed E-state index contributed by atoms with van der Waals surface area (Å²) in [7, 11) is 0. The Bertz CT molecular complexity index is 1250. The molecule has 0 amide bonds. The smallest absolute Gasteiger partial charge is 0.262 e. The lowest BCUT2D eigenvalue weighted by atomic mass is 10.2. The van der Waals surface area contributed by atoms with Crippen molar-refractivity contribution in [2.24, 2.45) is 0 Å². The van der Waals surface area contributed by atoms with Crippen LogP contribution in [0.15, 0.2) is 86.1 Å². The summed E-state index contributed by atoms with van der Waals surface area (Å²) >= 11 is 1.30. The van der Waals surface area contributed by atoms with Crippen LogP contribution in [0.25, 0.3) is 10.9 Å². The molecule has 0 atom stereocenters. The van der Waals surface area contributed by atoms with Gasteiger partial charge in [0.1, 0.15) is 12.0 Å². The summed E-state index contributed by atoms with van der Waals surface area (Å²) in [5, 5.41) is 10.4. The molecule has 0 bridgehead atoms. The summed E-state index contributed by atoms with van der Waals surface area (Å²) in [6.07, 6.45) is 1.02. The number of aromatic nitrogens is 2. The Morgan fingerprint density at radius 1 is 1.04 bits per heavy atom. The highest BCUT2D eigenvalue weighted by atomic mass is 32.2.